The molecule has 0 radical (unpaired) electrons. The van der Waals surface area contributed by atoms with Crippen molar-refractivity contribution in [3.8, 4) is 0 Å². The largest absolute Gasteiger partial charge is 0.477 e. The van der Waals surface area contributed by atoms with Crippen LogP contribution >= 0.6 is 0 Å². The minimum atomic E-state index is -0.855. The SMILES string of the molecule is O=C(O)c1cc2c([nH]1)[C@@H]1[C@H](Cc3ccccc3)[C@@H]1C2. The lowest BCUT2D eigenvalue weighted by atomic mass is 10.0. The minimum absolute atomic E-state index is 0.341. The van der Waals surface area contributed by atoms with Crippen LogP contribution in [0.2, 0.25) is 0 Å². The first-order valence-corrected chi connectivity index (χ1v) is 6.73. The number of carboxylic acids is 1. The van der Waals surface area contributed by atoms with Gasteiger partial charge in [0.1, 0.15) is 5.69 Å². The van der Waals surface area contributed by atoms with E-state index in [0.717, 1.165) is 18.8 Å². The lowest BCUT2D eigenvalue weighted by molar-refractivity contribution is 0.0691. The number of nitrogens with one attached hydrogen (secondary N) is 1. The van der Waals surface area contributed by atoms with Crippen LogP contribution in [0.5, 0.6) is 0 Å². The fourth-order valence-electron chi connectivity index (χ4n) is 3.66. The maximum atomic E-state index is 11.0. The summed E-state index contributed by atoms with van der Waals surface area (Å²) in [6.07, 6.45) is 2.15. The van der Waals surface area contributed by atoms with Crippen LogP contribution in [-0.4, -0.2) is 16.1 Å². The van der Waals surface area contributed by atoms with Crippen molar-refractivity contribution >= 4 is 5.97 Å². The molecule has 96 valence electrons. The molecule has 2 aliphatic carbocycles. The monoisotopic (exact) mass is 253 g/mol. The third kappa shape index (κ3) is 1.61. The molecule has 0 saturated heterocycles. The highest BCUT2D eigenvalue weighted by Crippen LogP contribution is 2.62. The van der Waals surface area contributed by atoms with Crippen LogP contribution in [-0.2, 0) is 12.8 Å². The van der Waals surface area contributed by atoms with E-state index in [2.05, 4.69) is 29.2 Å². The Labute approximate surface area is 111 Å². The molecule has 19 heavy (non-hydrogen) atoms. The van der Waals surface area contributed by atoms with Crippen molar-refractivity contribution in [1.29, 1.82) is 0 Å². The number of benzene rings is 1. The van der Waals surface area contributed by atoms with Crippen molar-refractivity contribution in [1.82, 2.24) is 4.98 Å². The maximum absolute atomic E-state index is 11.0. The third-order valence-corrected chi connectivity index (χ3v) is 4.60. The predicted molar refractivity (Wildman–Crippen MR) is 71.3 cm³/mol. The lowest BCUT2D eigenvalue weighted by Crippen LogP contribution is -1.97. The number of rotatable bonds is 3. The van der Waals surface area contributed by atoms with E-state index in [1.807, 2.05) is 12.1 Å². The zero-order chi connectivity index (χ0) is 13.0. The Hall–Kier alpha value is -2.03. The van der Waals surface area contributed by atoms with Gasteiger partial charge < -0.3 is 10.1 Å². The van der Waals surface area contributed by atoms with Gasteiger partial charge in [-0.15, -0.1) is 0 Å². The molecule has 2 N–H and O–H groups in total. The summed E-state index contributed by atoms with van der Waals surface area (Å²) in [5, 5.41) is 9.01. The van der Waals surface area contributed by atoms with Gasteiger partial charge >= 0.3 is 5.97 Å². The molecule has 3 nitrogen and oxygen atoms in total. The Kier molecular flexibility index (Phi) is 2.13. The molecule has 1 aromatic carbocycles. The Morgan fingerprint density at radius 2 is 2.11 bits per heavy atom. The van der Waals surface area contributed by atoms with E-state index in [-0.39, 0.29) is 0 Å². The summed E-state index contributed by atoms with van der Waals surface area (Å²) in [5.74, 6) is 1.12. The fourth-order valence-corrected chi connectivity index (χ4v) is 3.66. The van der Waals surface area contributed by atoms with Crippen LogP contribution in [0.25, 0.3) is 0 Å². The average molecular weight is 253 g/mol. The van der Waals surface area contributed by atoms with Crippen molar-refractivity contribution < 1.29 is 9.90 Å². The fraction of sp³-hybridized carbons (Fsp3) is 0.312. The number of aromatic carboxylic acids is 1. The molecule has 0 spiro atoms. The van der Waals surface area contributed by atoms with Gasteiger partial charge in [-0.2, -0.15) is 0 Å². The number of carbonyl (C=O) groups is 1. The first-order valence-electron chi connectivity index (χ1n) is 6.73. The normalized spacial score (nSPS) is 26.8. The summed E-state index contributed by atoms with van der Waals surface area (Å²) in [4.78, 5) is 14.1. The second-order valence-electron chi connectivity index (χ2n) is 5.67. The topological polar surface area (TPSA) is 53.1 Å². The summed E-state index contributed by atoms with van der Waals surface area (Å²) in [5.41, 5.74) is 4.13. The molecule has 2 aromatic rings. The third-order valence-electron chi connectivity index (χ3n) is 4.60. The van der Waals surface area contributed by atoms with Gasteiger partial charge in [0.15, 0.2) is 0 Å². The van der Waals surface area contributed by atoms with E-state index in [4.69, 9.17) is 5.11 Å². The number of aromatic nitrogens is 1. The number of hydrogen-bond donors (Lipinski definition) is 2. The molecular weight excluding hydrogens is 238 g/mol. The van der Waals surface area contributed by atoms with Crippen LogP contribution in [0, 0.1) is 11.8 Å². The van der Waals surface area contributed by atoms with Gasteiger partial charge in [0.05, 0.1) is 0 Å². The van der Waals surface area contributed by atoms with Gasteiger partial charge in [0.2, 0.25) is 0 Å². The Morgan fingerprint density at radius 3 is 2.84 bits per heavy atom. The summed E-state index contributed by atoms with van der Waals surface area (Å²) in [6, 6.07) is 12.4. The molecule has 4 rings (SSSR count). The van der Waals surface area contributed by atoms with E-state index in [0.29, 0.717) is 17.5 Å². The van der Waals surface area contributed by atoms with Crippen molar-refractivity contribution in [2.45, 2.75) is 18.8 Å². The molecule has 0 unspecified atom stereocenters. The second-order valence-corrected chi connectivity index (χ2v) is 5.67. The molecule has 0 aliphatic heterocycles. The van der Waals surface area contributed by atoms with Gasteiger partial charge in [0, 0.05) is 11.6 Å². The molecular formula is C16H15NO2. The van der Waals surface area contributed by atoms with Crippen molar-refractivity contribution in [3.05, 3.63) is 58.9 Å². The number of aromatic amines is 1. The molecule has 1 aromatic heterocycles. The van der Waals surface area contributed by atoms with E-state index < -0.39 is 5.97 Å². The Balaban J connectivity index is 1.54. The molecule has 2 aliphatic rings. The van der Waals surface area contributed by atoms with Gasteiger partial charge in [-0.1, -0.05) is 30.3 Å². The zero-order valence-corrected chi connectivity index (χ0v) is 10.5. The number of H-pyrrole nitrogens is 1. The van der Waals surface area contributed by atoms with Crippen LogP contribution in [0.1, 0.15) is 33.2 Å². The number of carboxylic acid groups (broad SMARTS) is 1. The molecule has 3 atom stereocenters. The quantitative estimate of drug-likeness (QED) is 0.883. The molecule has 0 bridgehead atoms. The van der Waals surface area contributed by atoms with Crippen molar-refractivity contribution in [2.75, 3.05) is 0 Å². The van der Waals surface area contributed by atoms with Crippen molar-refractivity contribution in [3.63, 3.8) is 0 Å². The van der Waals surface area contributed by atoms with Crippen LogP contribution in [0.4, 0.5) is 0 Å². The highest BCUT2D eigenvalue weighted by molar-refractivity contribution is 5.86. The number of hydrogen-bond acceptors (Lipinski definition) is 1. The standard InChI is InChI=1S/C16H15NO2/c18-16(19)13-8-10-7-12-11(14(12)15(10)17-13)6-9-4-2-1-3-5-9/h1-5,8,11-12,14,17H,6-7H2,(H,18,19)/t11-,12+,14-/m1/s1. The maximum Gasteiger partial charge on any atom is 0.352 e. The molecule has 3 heteroatoms. The average Bonchev–Trinajstić information content (AvgIpc) is 2.75. The second kappa shape index (κ2) is 3.73. The molecule has 1 saturated carbocycles. The predicted octanol–water partition coefficient (Wildman–Crippen LogP) is 2.84. The highest BCUT2D eigenvalue weighted by atomic mass is 16.4. The first kappa shape index (κ1) is 10.9. The smallest absolute Gasteiger partial charge is 0.352 e. The van der Waals surface area contributed by atoms with E-state index in [1.165, 1.54) is 16.8 Å². The number of fused-ring (bicyclic) bond motifs is 3. The minimum Gasteiger partial charge on any atom is -0.477 e. The molecule has 1 fully saturated rings. The summed E-state index contributed by atoms with van der Waals surface area (Å²) in [7, 11) is 0. The Bertz CT molecular complexity index is 644. The molecule has 1 heterocycles. The Morgan fingerprint density at radius 1 is 1.32 bits per heavy atom. The van der Waals surface area contributed by atoms with Gasteiger partial charge in [0.25, 0.3) is 0 Å². The van der Waals surface area contributed by atoms with E-state index >= 15 is 0 Å². The van der Waals surface area contributed by atoms with E-state index in [1.54, 1.807) is 0 Å². The van der Waals surface area contributed by atoms with Crippen LogP contribution in [0.15, 0.2) is 36.4 Å². The summed E-state index contributed by atoms with van der Waals surface area (Å²) >= 11 is 0. The highest BCUT2D eigenvalue weighted by Gasteiger charge is 2.56. The first-order chi connectivity index (χ1) is 9.24. The van der Waals surface area contributed by atoms with Crippen LogP contribution in [0.3, 0.4) is 0 Å². The lowest BCUT2D eigenvalue weighted by Gasteiger charge is -2.03. The van der Waals surface area contributed by atoms with Crippen LogP contribution < -0.4 is 0 Å². The summed E-state index contributed by atoms with van der Waals surface area (Å²) in [6.45, 7) is 0. The van der Waals surface area contributed by atoms with Gasteiger partial charge in [-0.05, 0) is 41.9 Å². The van der Waals surface area contributed by atoms with E-state index in [9.17, 15) is 4.79 Å². The molecule has 0 amide bonds. The van der Waals surface area contributed by atoms with Crippen molar-refractivity contribution in [2.24, 2.45) is 11.8 Å². The van der Waals surface area contributed by atoms with Gasteiger partial charge in [-0.3, -0.25) is 0 Å². The summed E-state index contributed by atoms with van der Waals surface area (Å²) < 4.78 is 0. The zero-order valence-electron chi connectivity index (χ0n) is 10.5. The van der Waals surface area contributed by atoms with Gasteiger partial charge in [-0.25, -0.2) is 4.79 Å².